The van der Waals surface area contributed by atoms with Crippen molar-refractivity contribution in [3.05, 3.63) is 35.9 Å². The quantitative estimate of drug-likeness (QED) is 0.774. The summed E-state index contributed by atoms with van der Waals surface area (Å²) in [7, 11) is 0. The van der Waals surface area contributed by atoms with Gasteiger partial charge in [0.2, 0.25) is 0 Å². The molecule has 1 fully saturated rings. The Bertz CT molecular complexity index is 402. The van der Waals surface area contributed by atoms with Crippen LogP contribution in [0.25, 0.3) is 0 Å². The Morgan fingerprint density at radius 2 is 1.90 bits per heavy atom. The van der Waals surface area contributed by atoms with Crippen LogP contribution in [0.2, 0.25) is 0 Å². The predicted molar refractivity (Wildman–Crippen MR) is 79.4 cm³/mol. The number of carbonyl (C=O) groups excluding carboxylic acids is 1. The van der Waals surface area contributed by atoms with Gasteiger partial charge in [0, 0.05) is 6.54 Å². The lowest BCUT2D eigenvalue weighted by molar-refractivity contribution is 0.217. The lowest BCUT2D eigenvalue weighted by Gasteiger charge is -2.31. The van der Waals surface area contributed by atoms with Crippen molar-refractivity contribution in [3.63, 3.8) is 0 Å². The summed E-state index contributed by atoms with van der Waals surface area (Å²) in [6.07, 6.45) is 6.12. The van der Waals surface area contributed by atoms with Crippen molar-refractivity contribution in [1.82, 2.24) is 10.6 Å². The number of nitrogens with one attached hydrogen (secondary N) is 2. The monoisotopic (exact) mass is 276 g/mol. The lowest BCUT2D eigenvalue weighted by atomic mass is 9.81. The molecule has 0 radical (unpaired) electrons. The van der Waals surface area contributed by atoms with Crippen molar-refractivity contribution in [2.45, 2.75) is 38.1 Å². The minimum atomic E-state index is -0.196. The molecule has 1 aromatic carbocycles. The number of aliphatic hydroxyl groups is 1. The number of benzene rings is 1. The van der Waals surface area contributed by atoms with E-state index in [1.165, 1.54) is 37.7 Å². The fraction of sp³-hybridized carbons (Fsp3) is 0.562. The Kier molecular flexibility index (Phi) is 5.87. The van der Waals surface area contributed by atoms with E-state index in [2.05, 4.69) is 22.8 Å². The van der Waals surface area contributed by atoms with Crippen molar-refractivity contribution >= 4 is 6.03 Å². The van der Waals surface area contributed by atoms with Crippen LogP contribution in [-0.2, 0) is 0 Å². The van der Waals surface area contributed by atoms with E-state index in [4.69, 9.17) is 5.11 Å². The van der Waals surface area contributed by atoms with Crippen LogP contribution in [0, 0.1) is 5.92 Å². The van der Waals surface area contributed by atoms with Crippen LogP contribution in [0.1, 0.15) is 43.7 Å². The second-order valence-corrected chi connectivity index (χ2v) is 5.41. The largest absolute Gasteiger partial charge is 0.395 e. The van der Waals surface area contributed by atoms with E-state index < -0.39 is 0 Å². The highest BCUT2D eigenvalue weighted by atomic mass is 16.3. The third-order valence-electron chi connectivity index (χ3n) is 3.96. The smallest absolute Gasteiger partial charge is 0.315 e. The molecule has 2 amide bonds. The van der Waals surface area contributed by atoms with E-state index in [0.717, 1.165) is 0 Å². The van der Waals surface area contributed by atoms with E-state index in [1.54, 1.807) is 0 Å². The molecule has 1 saturated carbocycles. The van der Waals surface area contributed by atoms with Gasteiger partial charge in [-0.2, -0.15) is 0 Å². The second kappa shape index (κ2) is 7.90. The fourth-order valence-corrected chi connectivity index (χ4v) is 2.96. The SMILES string of the molecule is O=C(NCCO)NC(c1ccccc1)C1CCCCC1. The van der Waals surface area contributed by atoms with Gasteiger partial charge in [0.25, 0.3) is 0 Å². The van der Waals surface area contributed by atoms with Gasteiger partial charge in [0.1, 0.15) is 0 Å². The Balaban J connectivity index is 2.05. The molecule has 2 rings (SSSR count). The molecule has 4 nitrogen and oxygen atoms in total. The zero-order valence-corrected chi connectivity index (χ0v) is 11.8. The molecule has 4 heteroatoms. The van der Waals surface area contributed by atoms with Crippen LogP contribution in [0.5, 0.6) is 0 Å². The highest BCUT2D eigenvalue weighted by Gasteiger charge is 2.26. The zero-order valence-electron chi connectivity index (χ0n) is 11.8. The first-order chi connectivity index (χ1) is 9.81. The van der Waals surface area contributed by atoms with Crippen LogP contribution < -0.4 is 10.6 Å². The van der Waals surface area contributed by atoms with E-state index in [1.807, 2.05) is 18.2 Å². The van der Waals surface area contributed by atoms with Crippen LogP contribution >= 0.6 is 0 Å². The first-order valence-electron chi connectivity index (χ1n) is 7.51. The zero-order chi connectivity index (χ0) is 14.2. The summed E-state index contributed by atoms with van der Waals surface area (Å²) < 4.78 is 0. The molecule has 1 aromatic rings. The minimum absolute atomic E-state index is 0.0349. The topological polar surface area (TPSA) is 61.4 Å². The molecule has 0 spiro atoms. The van der Waals surface area contributed by atoms with Crippen LogP contribution in [-0.4, -0.2) is 24.3 Å². The molecule has 1 atom stereocenters. The molecule has 0 aliphatic heterocycles. The first kappa shape index (κ1) is 14.9. The summed E-state index contributed by atoms with van der Waals surface area (Å²) in [5, 5.41) is 14.5. The molecule has 0 saturated heterocycles. The molecular weight excluding hydrogens is 252 g/mol. The number of rotatable bonds is 5. The average Bonchev–Trinajstić information content (AvgIpc) is 2.52. The molecule has 0 heterocycles. The molecule has 0 aromatic heterocycles. The number of amides is 2. The highest BCUT2D eigenvalue weighted by molar-refractivity contribution is 5.74. The molecular formula is C16H24N2O2. The first-order valence-corrected chi connectivity index (χ1v) is 7.51. The Morgan fingerprint density at radius 1 is 1.20 bits per heavy atom. The van der Waals surface area contributed by atoms with Gasteiger partial charge in [-0.05, 0) is 24.3 Å². The number of hydrogen-bond acceptors (Lipinski definition) is 2. The molecule has 1 aliphatic rings. The van der Waals surface area contributed by atoms with E-state index in [-0.39, 0.29) is 25.2 Å². The van der Waals surface area contributed by atoms with Crippen molar-refractivity contribution in [2.24, 2.45) is 5.92 Å². The van der Waals surface area contributed by atoms with Gasteiger partial charge in [0.15, 0.2) is 0 Å². The summed E-state index contributed by atoms with van der Waals surface area (Å²) in [6.45, 7) is 0.255. The second-order valence-electron chi connectivity index (χ2n) is 5.41. The van der Waals surface area contributed by atoms with Crippen molar-refractivity contribution in [1.29, 1.82) is 0 Å². The molecule has 20 heavy (non-hydrogen) atoms. The lowest BCUT2D eigenvalue weighted by Crippen LogP contribution is -2.42. The van der Waals surface area contributed by atoms with Gasteiger partial charge in [-0.25, -0.2) is 4.79 Å². The summed E-state index contributed by atoms with van der Waals surface area (Å²) in [5.74, 6) is 0.506. The molecule has 110 valence electrons. The van der Waals surface area contributed by atoms with Crippen LogP contribution in [0.3, 0.4) is 0 Å². The van der Waals surface area contributed by atoms with Gasteiger partial charge in [-0.3, -0.25) is 0 Å². The van der Waals surface area contributed by atoms with E-state index >= 15 is 0 Å². The molecule has 1 unspecified atom stereocenters. The number of aliphatic hydroxyl groups excluding tert-OH is 1. The van der Waals surface area contributed by atoms with Gasteiger partial charge in [-0.15, -0.1) is 0 Å². The van der Waals surface area contributed by atoms with Crippen molar-refractivity contribution in [2.75, 3.05) is 13.2 Å². The maximum Gasteiger partial charge on any atom is 0.315 e. The normalized spacial score (nSPS) is 17.4. The van der Waals surface area contributed by atoms with E-state index in [0.29, 0.717) is 5.92 Å². The summed E-state index contributed by atoms with van der Waals surface area (Å²) in [4.78, 5) is 11.9. The summed E-state index contributed by atoms with van der Waals surface area (Å²) in [5.41, 5.74) is 1.17. The average molecular weight is 276 g/mol. The maximum absolute atomic E-state index is 11.9. The Morgan fingerprint density at radius 3 is 2.55 bits per heavy atom. The van der Waals surface area contributed by atoms with Crippen LogP contribution in [0.4, 0.5) is 4.79 Å². The predicted octanol–water partition coefficient (Wildman–Crippen LogP) is 2.60. The molecule has 3 N–H and O–H groups in total. The number of hydrogen-bond donors (Lipinski definition) is 3. The number of urea groups is 1. The van der Waals surface area contributed by atoms with Gasteiger partial charge < -0.3 is 15.7 Å². The summed E-state index contributed by atoms with van der Waals surface area (Å²) in [6, 6.07) is 10.0. The van der Waals surface area contributed by atoms with Gasteiger partial charge >= 0.3 is 6.03 Å². The Hall–Kier alpha value is -1.55. The number of carbonyl (C=O) groups is 1. The molecule has 0 bridgehead atoms. The Labute approximate surface area is 120 Å². The van der Waals surface area contributed by atoms with Crippen molar-refractivity contribution < 1.29 is 9.90 Å². The van der Waals surface area contributed by atoms with E-state index in [9.17, 15) is 4.79 Å². The third kappa shape index (κ3) is 4.23. The standard InChI is InChI=1S/C16H24N2O2/c19-12-11-17-16(20)18-15(13-7-3-1-4-8-13)14-9-5-2-6-10-14/h1,3-4,7-8,14-15,19H,2,5-6,9-12H2,(H2,17,18,20). The van der Waals surface area contributed by atoms with Crippen molar-refractivity contribution in [3.8, 4) is 0 Å². The minimum Gasteiger partial charge on any atom is -0.395 e. The third-order valence-corrected chi connectivity index (χ3v) is 3.96. The van der Waals surface area contributed by atoms with Gasteiger partial charge in [0.05, 0.1) is 12.6 Å². The molecule has 1 aliphatic carbocycles. The maximum atomic E-state index is 11.9. The highest BCUT2D eigenvalue weighted by Crippen LogP contribution is 2.34. The fourth-order valence-electron chi connectivity index (χ4n) is 2.96. The summed E-state index contributed by atoms with van der Waals surface area (Å²) >= 11 is 0. The van der Waals surface area contributed by atoms with Crippen LogP contribution in [0.15, 0.2) is 30.3 Å². The van der Waals surface area contributed by atoms with Gasteiger partial charge in [-0.1, -0.05) is 49.6 Å².